The van der Waals surface area contributed by atoms with Gasteiger partial charge in [0.25, 0.3) is 0 Å². The largest absolute Gasteiger partial charge is 0.416 e. The second-order valence-electron chi connectivity index (χ2n) is 7.52. The summed E-state index contributed by atoms with van der Waals surface area (Å²) in [5.41, 5.74) is 0.927. The number of nitrogens with zero attached hydrogens (tertiary/aromatic N) is 2. The van der Waals surface area contributed by atoms with Crippen LogP contribution in [0.1, 0.15) is 24.2 Å². The minimum atomic E-state index is -4.34. The molecule has 0 radical (unpaired) electrons. The zero-order chi connectivity index (χ0) is 21.7. The third kappa shape index (κ3) is 6.35. The standard InChI is InChI=1S/C22H26ClF3N2O2/c1-16(17-5-7-19(23)8-6-17)30-15-21(29)14-27-9-11-28(12-10-27)20-4-2-3-18(13-20)22(24,25)26/h2-8,13,16,21,29H,9-12,14-15H2,1H3. The highest BCUT2D eigenvalue weighted by molar-refractivity contribution is 6.30. The smallest absolute Gasteiger partial charge is 0.389 e. The van der Waals surface area contributed by atoms with Gasteiger partial charge >= 0.3 is 6.18 Å². The molecule has 30 heavy (non-hydrogen) atoms. The average Bonchev–Trinajstić information content (AvgIpc) is 2.72. The Morgan fingerprint density at radius 2 is 1.73 bits per heavy atom. The lowest BCUT2D eigenvalue weighted by molar-refractivity contribution is -0.137. The molecule has 164 valence electrons. The van der Waals surface area contributed by atoms with Crippen LogP contribution in [0, 0.1) is 0 Å². The van der Waals surface area contributed by atoms with Gasteiger partial charge in [0, 0.05) is 43.4 Å². The summed E-state index contributed by atoms with van der Waals surface area (Å²) in [6, 6.07) is 12.8. The van der Waals surface area contributed by atoms with E-state index in [9.17, 15) is 18.3 Å². The number of rotatable bonds is 7. The number of β-amino-alcohol motifs (C(OH)–C–C–N with tert-alkyl or cyclic N) is 1. The van der Waals surface area contributed by atoms with Gasteiger partial charge in [0.1, 0.15) is 0 Å². The minimum Gasteiger partial charge on any atom is -0.389 e. The van der Waals surface area contributed by atoms with Gasteiger partial charge in [-0.2, -0.15) is 13.2 Å². The molecule has 0 aromatic heterocycles. The van der Waals surface area contributed by atoms with Gasteiger partial charge in [-0.3, -0.25) is 4.90 Å². The fourth-order valence-electron chi connectivity index (χ4n) is 3.50. The Labute approximate surface area is 179 Å². The summed E-state index contributed by atoms with van der Waals surface area (Å²) in [5.74, 6) is 0. The summed E-state index contributed by atoms with van der Waals surface area (Å²) < 4.78 is 44.5. The number of hydrogen-bond donors (Lipinski definition) is 1. The van der Waals surface area contributed by atoms with Crippen LogP contribution in [0.3, 0.4) is 0 Å². The lowest BCUT2D eigenvalue weighted by atomic mass is 10.1. The maximum absolute atomic E-state index is 12.9. The van der Waals surface area contributed by atoms with Crippen LogP contribution in [-0.4, -0.2) is 55.4 Å². The van der Waals surface area contributed by atoms with E-state index in [0.29, 0.717) is 43.4 Å². The number of alkyl halides is 3. The molecule has 1 saturated heterocycles. The van der Waals surface area contributed by atoms with Crippen molar-refractivity contribution in [1.82, 2.24) is 4.90 Å². The monoisotopic (exact) mass is 442 g/mol. The molecule has 2 unspecified atom stereocenters. The number of benzene rings is 2. The number of anilines is 1. The Morgan fingerprint density at radius 3 is 2.37 bits per heavy atom. The molecule has 3 rings (SSSR count). The molecule has 4 nitrogen and oxygen atoms in total. The quantitative estimate of drug-likeness (QED) is 0.678. The van der Waals surface area contributed by atoms with Crippen molar-refractivity contribution in [2.45, 2.75) is 25.3 Å². The van der Waals surface area contributed by atoms with E-state index in [-0.39, 0.29) is 12.7 Å². The first kappa shape index (κ1) is 22.9. The van der Waals surface area contributed by atoms with E-state index in [1.54, 1.807) is 18.2 Å². The minimum absolute atomic E-state index is 0.158. The van der Waals surface area contributed by atoms with Crippen molar-refractivity contribution in [2.24, 2.45) is 0 Å². The number of aliphatic hydroxyl groups excluding tert-OH is 1. The molecule has 1 fully saturated rings. The zero-order valence-corrected chi connectivity index (χ0v) is 17.5. The molecule has 2 aromatic carbocycles. The fraction of sp³-hybridized carbons (Fsp3) is 0.455. The third-order valence-electron chi connectivity index (χ3n) is 5.26. The van der Waals surface area contributed by atoms with Gasteiger partial charge in [0.05, 0.1) is 24.4 Å². The second kappa shape index (κ2) is 10.0. The molecule has 0 amide bonds. The van der Waals surface area contributed by atoms with E-state index in [1.807, 2.05) is 24.0 Å². The number of halogens is 4. The van der Waals surface area contributed by atoms with Gasteiger partial charge < -0.3 is 14.7 Å². The van der Waals surface area contributed by atoms with Crippen LogP contribution in [0.5, 0.6) is 0 Å². The molecule has 0 bridgehead atoms. The molecule has 0 aliphatic carbocycles. The molecular weight excluding hydrogens is 417 g/mol. The highest BCUT2D eigenvalue weighted by Crippen LogP contribution is 2.31. The van der Waals surface area contributed by atoms with Gasteiger partial charge in [-0.05, 0) is 42.8 Å². The SMILES string of the molecule is CC(OCC(O)CN1CCN(c2cccc(C(F)(F)F)c2)CC1)c1ccc(Cl)cc1. The molecule has 0 spiro atoms. The van der Waals surface area contributed by atoms with Crippen LogP contribution in [0.25, 0.3) is 0 Å². The predicted molar refractivity (Wildman–Crippen MR) is 112 cm³/mol. The number of piperazine rings is 1. The van der Waals surface area contributed by atoms with E-state index in [2.05, 4.69) is 4.90 Å². The summed E-state index contributed by atoms with van der Waals surface area (Å²) in [6.07, 6.45) is -5.14. The van der Waals surface area contributed by atoms with Crippen LogP contribution in [0.15, 0.2) is 48.5 Å². The molecule has 2 aromatic rings. The number of ether oxygens (including phenoxy) is 1. The van der Waals surface area contributed by atoms with Crippen molar-refractivity contribution in [2.75, 3.05) is 44.2 Å². The van der Waals surface area contributed by atoms with E-state index >= 15 is 0 Å². The van der Waals surface area contributed by atoms with Crippen LogP contribution < -0.4 is 4.90 Å². The molecule has 0 saturated carbocycles. The van der Waals surface area contributed by atoms with Crippen molar-refractivity contribution >= 4 is 17.3 Å². The second-order valence-corrected chi connectivity index (χ2v) is 7.95. The lowest BCUT2D eigenvalue weighted by Gasteiger charge is -2.37. The zero-order valence-electron chi connectivity index (χ0n) is 16.8. The lowest BCUT2D eigenvalue weighted by Crippen LogP contribution is -2.49. The first-order chi connectivity index (χ1) is 14.2. The Balaban J connectivity index is 1.43. The molecule has 2 atom stereocenters. The van der Waals surface area contributed by atoms with Gasteiger partial charge in [0.2, 0.25) is 0 Å². The summed E-state index contributed by atoms with van der Waals surface area (Å²) >= 11 is 5.89. The van der Waals surface area contributed by atoms with E-state index in [4.69, 9.17) is 16.3 Å². The van der Waals surface area contributed by atoms with Gasteiger partial charge in [-0.15, -0.1) is 0 Å². The van der Waals surface area contributed by atoms with E-state index < -0.39 is 17.8 Å². The normalized spacial score (nSPS) is 17.7. The first-order valence-electron chi connectivity index (χ1n) is 9.92. The third-order valence-corrected chi connectivity index (χ3v) is 5.51. The van der Waals surface area contributed by atoms with Crippen molar-refractivity contribution in [3.05, 3.63) is 64.7 Å². The predicted octanol–water partition coefficient (Wildman–Crippen LogP) is 4.62. The van der Waals surface area contributed by atoms with Crippen LogP contribution in [-0.2, 0) is 10.9 Å². The van der Waals surface area contributed by atoms with Crippen molar-refractivity contribution in [3.63, 3.8) is 0 Å². The molecule has 8 heteroatoms. The summed E-state index contributed by atoms with van der Waals surface area (Å²) in [7, 11) is 0. The van der Waals surface area contributed by atoms with E-state index in [0.717, 1.165) is 11.6 Å². The maximum atomic E-state index is 12.9. The van der Waals surface area contributed by atoms with Gasteiger partial charge in [-0.1, -0.05) is 29.8 Å². The highest BCUT2D eigenvalue weighted by atomic mass is 35.5. The van der Waals surface area contributed by atoms with Gasteiger partial charge in [0.15, 0.2) is 0 Å². The van der Waals surface area contributed by atoms with Crippen molar-refractivity contribution in [1.29, 1.82) is 0 Å². The molecule has 1 aliphatic heterocycles. The van der Waals surface area contributed by atoms with Gasteiger partial charge in [-0.25, -0.2) is 0 Å². The summed E-state index contributed by atoms with van der Waals surface area (Å²) in [6.45, 7) is 5.14. The van der Waals surface area contributed by atoms with E-state index in [1.165, 1.54) is 12.1 Å². The first-order valence-corrected chi connectivity index (χ1v) is 10.3. The Morgan fingerprint density at radius 1 is 1.07 bits per heavy atom. The van der Waals surface area contributed by atoms with Crippen molar-refractivity contribution in [3.8, 4) is 0 Å². The average molecular weight is 443 g/mol. The Hall–Kier alpha value is -1.80. The highest BCUT2D eigenvalue weighted by Gasteiger charge is 2.31. The molecule has 1 heterocycles. The molecular formula is C22H26ClF3N2O2. The Bertz CT molecular complexity index is 809. The van der Waals surface area contributed by atoms with Crippen LogP contribution >= 0.6 is 11.6 Å². The molecule has 1 aliphatic rings. The van der Waals surface area contributed by atoms with Crippen LogP contribution in [0.4, 0.5) is 18.9 Å². The maximum Gasteiger partial charge on any atom is 0.416 e. The molecule has 1 N–H and O–H groups in total. The summed E-state index contributed by atoms with van der Waals surface area (Å²) in [4.78, 5) is 4.04. The number of aliphatic hydroxyl groups is 1. The topological polar surface area (TPSA) is 35.9 Å². The van der Waals surface area contributed by atoms with Crippen LogP contribution in [0.2, 0.25) is 5.02 Å². The summed E-state index contributed by atoms with van der Waals surface area (Å²) in [5, 5.41) is 11.0. The number of hydrogen-bond acceptors (Lipinski definition) is 4. The van der Waals surface area contributed by atoms with Crippen molar-refractivity contribution < 1.29 is 23.0 Å². The Kier molecular flexibility index (Phi) is 7.63. The fourth-order valence-corrected chi connectivity index (χ4v) is 3.63.